The van der Waals surface area contributed by atoms with Gasteiger partial charge in [-0.3, -0.25) is 4.79 Å². The molecule has 0 radical (unpaired) electrons. The van der Waals surface area contributed by atoms with E-state index in [1.54, 1.807) is 45.0 Å². The van der Waals surface area contributed by atoms with Crippen molar-refractivity contribution >= 4 is 27.6 Å². The number of ether oxygens (including phenoxy) is 1. The van der Waals surface area contributed by atoms with E-state index in [2.05, 4.69) is 5.32 Å². The molecule has 0 aliphatic heterocycles. The van der Waals surface area contributed by atoms with Crippen LogP contribution >= 0.6 is 0 Å². The Balaban J connectivity index is 2.03. The number of nitrogens with one attached hydrogen (secondary N) is 1. The van der Waals surface area contributed by atoms with E-state index < -0.39 is 28.5 Å². The van der Waals surface area contributed by atoms with E-state index in [9.17, 15) is 18.0 Å². The van der Waals surface area contributed by atoms with E-state index in [1.807, 2.05) is 13.0 Å². The number of amides is 1. The molecule has 2 rings (SSSR count). The number of aryl methyl sites for hydroxylation is 2. The van der Waals surface area contributed by atoms with Crippen molar-refractivity contribution in [3.8, 4) is 0 Å². The Labute approximate surface area is 171 Å². The van der Waals surface area contributed by atoms with E-state index in [4.69, 9.17) is 4.74 Å². The van der Waals surface area contributed by atoms with Crippen LogP contribution in [-0.2, 0) is 19.6 Å². The molecule has 0 saturated carbocycles. The van der Waals surface area contributed by atoms with Gasteiger partial charge in [-0.15, -0.1) is 0 Å². The van der Waals surface area contributed by atoms with E-state index in [-0.39, 0.29) is 4.90 Å². The highest BCUT2D eigenvalue weighted by Gasteiger charge is 2.22. The zero-order valence-electron chi connectivity index (χ0n) is 17.1. The molecule has 1 amide bonds. The predicted molar refractivity (Wildman–Crippen MR) is 111 cm³/mol. The lowest BCUT2D eigenvalue weighted by molar-refractivity contribution is -0.119. The van der Waals surface area contributed by atoms with E-state index in [0.29, 0.717) is 24.3 Å². The van der Waals surface area contributed by atoms with Gasteiger partial charge in [0.25, 0.3) is 5.91 Å². The number of esters is 1. The molecule has 8 heteroatoms. The third kappa shape index (κ3) is 5.65. The van der Waals surface area contributed by atoms with Gasteiger partial charge in [0, 0.05) is 18.8 Å². The molecule has 0 saturated heterocycles. The van der Waals surface area contributed by atoms with E-state index in [0.717, 1.165) is 11.1 Å². The SMILES string of the molecule is CCN(CC)S(=O)(=O)c1cccc(NC(=O)COC(=O)c2ccc(C)cc2C)c1. The molecule has 0 aromatic heterocycles. The van der Waals surface area contributed by atoms with Crippen molar-refractivity contribution in [1.82, 2.24) is 4.31 Å². The highest BCUT2D eigenvalue weighted by atomic mass is 32.2. The number of rotatable bonds is 8. The van der Waals surface area contributed by atoms with Crippen molar-refractivity contribution in [2.24, 2.45) is 0 Å². The molecule has 0 atom stereocenters. The normalized spacial score (nSPS) is 11.3. The molecule has 1 N–H and O–H groups in total. The Morgan fingerprint density at radius 3 is 2.34 bits per heavy atom. The lowest BCUT2D eigenvalue weighted by Gasteiger charge is -2.18. The van der Waals surface area contributed by atoms with E-state index >= 15 is 0 Å². The van der Waals surface area contributed by atoms with Gasteiger partial charge in [0.05, 0.1) is 10.5 Å². The minimum Gasteiger partial charge on any atom is -0.452 e. The van der Waals surface area contributed by atoms with Crippen LogP contribution in [0.5, 0.6) is 0 Å². The largest absolute Gasteiger partial charge is 0.452 e. The predicted octanol–water partition coefficient (Wildman–Crippen LogP) is 3.13. The topological polar surface area (TPSA) is 92.8 Å². The van der Waals surface area contributed by atoms with Gasteiger partial charge in [-0.05, 0) is 43.7 Å². The summed E-state index contributed by atoms with van der Waals surface area (Å²) in [5.41, 5.74) is 2.50. The highest BCUT2D eigenvalue weighted by molar-refractivity contribution is 7.89. The quantitative estimate of drug-likeness (QED) is 0.665. The van der Waals surface area contributed by atoms with Gasteiger partial charge < -0.3 is 10.1 Å². The first-order chi connectivity index (χ1) is 13.7. The van der Waals surface area contributed by atoms with Crippen LogP contribution in [0, 0.1) is 13.8 Å². The van der Waals surface area contributed by atoms with Gasteiger partial charge in [0.1, 0.15) is 0 Å². The van der Waals surface area contributed by atoms with Gasteiger partial charge in [0.15, 0.2) is 6.61 Å². The molecule has 29 heavy (non-hydrogen) atoms. The fourth-order valence-corrected chi connectivity index (χ4v) is 4.40. The second-order valence-corrected chi connectivity index (χ2v) is 8.50. The first kappa shape index (κ1) is 22.6. The Morgan fingerprint density at radius 1 is 1.03 bits per heavy atom. The van der Waals surface area contributed by atoms with Crippen LogP contribution < -0.4 is 5.32 Å². The van der Waals surface area contributed by atoms with Crippen LogP contribution in [0.25, 0.3) is 0 Å². The molecule has 0 heterocycles. The summed E-state index contributed by atoms with van der Waals surface area (Å²) in [6.45, 7) is 7.47. The summed E-state index contributed by atoms with van der Waals surface area (Å²) >= 11 is 0. The Hall–Kier alpha value is -2.71. The van der Waals surface area contributed by atoms with Crippen molar-refractivity contribution in [1.29, 1.82) is 0 Å². The van der Waals surface area contributed by atoms with Crippen LogP contribution in [0.15, 0.2) is 47.4 Å². The number of hydrogen-bond acceptors (Lipinski definition) is 5. The molecule has 0 spiro atoms. The minimum absolute atomic E-state index is 0.0891. The molecule has 0 unspecified atom stereocenters. The maximum absolute atomic E-state index is 12.6. The number of anilines is 1. The van der Waals surface area contributed by atoms with Crippen molar-refractivity contribution in [2.75, 3.05) is 25.0 Å². The average molecular weight is 419 g/mol. The summed E-state index contributed by atoms with van der Waals surface area (Å²) in [6.07, 6.45) is 0. The molecule has 2 aromatic rings. The summed E-state index contributed by atoms with van der Waals surface area (Å²) in [5, 5.41) is 2.56. The number of sulfonamides is 1. The number of benzene rings is 2. The maximum Gasteiger partial charge on any atom is 0.338 e. The number of hydrogen-bond donors (Lipinski definition) is 1. The van der Waals surface area contributed by atoms with Crippen LogP contribution in [0.1, 0.15) is 35.3 Å². The van der Waals surface area contributed by atoms with Crippen LogP contribution in [-0.4, -0.2) is 44.3 Å². The Morgan fingerprint density at radius 2 is 1.72 bits per heavy atom. The molecule has 156 valence electrons. The third-order valence-corrected chi connectivity index (χ3v) is 6.44. The number of carbonyl (C=O) groups excluding carboxylic acids is 2. The highest BCUT2D eigenvalue weighted by Crippen LogP contribution is 2.19. The molecule has 0 aliphatic rings. The fourth-order valence-electron chi connectivity index (χ4n) is 2.90. The van der Waals surface area contributed by atoms with Crippen LogP contribution in [0.4, 0.5) is 5.69 Å². The molecule has 0 bridgehead atoms. The molecule has 2 aromatic carbocycles. The smallest absolute Gasteiger partial charge is 0.338 e. The van der Waals surface area contributed by atoms with Crippen molar-refractivity contribution in [3.63, 3.8) is 0 Å². The molecular weight excluding hydrogens is 392 g/mol. The molecule has 0 fully saturated rings. The Bertz CT molecular complexity index is 998. The number of carbonyl (C=O) groups is 2. The van der Waals surface area contributed by atoms with Gasteiger partial charge in [-0.2, -0.15) is 4.31 Å². The molecular formula is C21H26N2O5S. The zero-order valence-corrected chi connectivity index (χ0v) is 17.9. The van der Waals surface area contributed by atoms with Crippen molar-refractivity contribution in [3.05, 3.63) is 59.2 Å². The van der Waals surface area contributed by atoms with E-state index in [1.165, 1.54) is 16.4 Å². The second kappa shape index (κ2) is 9.67. The summed E-state index contributed by atoms with van der Waals surface area (Å²) < 4.78 is 31.6. The van der Waals surface area contributed by atoms with Gasteiger partial charge in [-0.25, -0.2) is 13.2 Å². The molecule has 0 aliphatic carbocycles. The summed E-state index contributed by atoms with van der Waals surface area (Å²) in [5.74, 6) is -1.14. The number of nitrogens with zero attached hydrogens (tertiary/aromatic N) is 1. The fraction of sp³-hybridized carbons (Fsp3) is 0.333. The van der Waals surface area contributed by atoms with Crippen molar-refractivity contribution < 1.29 is 22.7 Å². The molecule has 7 nitrogen and oxygen atoms in total. The average Bonchev–Trinajstić information content (AvgIpc) is 2.67. The van der Waals surface area contributed by atoms with Gasteiger partial charge in [-0.1, -0.05) is 37.6 Å². The first-order valence-corrected chi connectivity index (χ1v) is 10.8. The van der Waals surface area contributed by atoms with Crippen LogP contribution in [0.2, 0.25) is 0 Å². The van der Waals surface area contributed by atoms with Crippen LogP contribution in [0.3, 0.4) is 0 Å². The van der Waals surface area contributed by atoms with Gasteiger partial charge >= 0.3 is 5.97 Å². The summed E-state index contributed by atoms with van der Waals surface area (Å²) in [7, 11) is -3.63. The summed E-state index contributed by atoms with van der Waals surface area (Å²) in [6, 6.07) is 11.3. The standard InChI is InChI=1S/C21H26N2O5S/c1-5-23(6-2)29(26,27)18-9-7-8-17(13-18)22-20(24)14-28-21(25)19-11-10-15(3)12-16(19)4/h7-13H,5-6,14H2,1-4H3,(H,22,24). The lowest BCUT2D eigenvalue weighted by Crippen LogP contribution is -2.30. The summed E-state index contributed by atoms with van der Waals surface area (Å²) in [4.78, 5) is 24.4. The maximum atomic E-state index is 12.6. The Kier molecular flexibility index (Phi) is 7.53. The monoisotopic (exact) mass is 418 g/mol. The minimum atomic E-state index is -3.63. The lowest BCUT2D eigenvalue weighted by atomic mass is 10.1. The third-order valence-electron chi connectivity index (χ3n) is 4.40. The zero-order chi connectivity index (χ0) is 21.6. The second-order valence-electron chi connectivity index (χ2n) is 6.56. The van der Waals surface area contributed by atoms with Gasteiger partial charge in [0.2, 0.25) is 10.0 Å². The van der Waals surface area contributed by atoms with Crippen molar-refractivity contribution in [2.45, 2.75) is 32.6 Å². The first-order valence-electron chi connectivity index (χ1n) is 9.33.